The number of carbonyl (C=O) groups excluding carboxylic acids is 1. The number of Topliss-reactive ketones (excluding diaryl/α,β-unsaturated/α-hetero) is 1. The molecule has 120 valence electrons. The number of halogens is 1. The molecule has 0 aliphatic rings. The highest BCUT2D eigenvalue weighted by atomic mass is 35.5. The zero-order chi connectivity index (χ0) is 17.0. The van der Waals surface area contributed by atoms with E-state index in [0.29, 0.717) is 0 Å². The van der Waals surface area contributed by atoms with Gasteiger partial charge in [-0.1, -0.05) is 29.8 Å². The summed E-state index contributed by atoms with van der Waals surface area (Å²) >= 11 is 5.84. The van der Waals surface area contributed by atoms with Gasteiger partial charge in [0.2, 0.25) is 5.78 Å². The van der Waals surface area contributed by atoms with Crippen LogP contribution in [0.4, 0.5) is 5.69 Å². The van der Waals surface area contributed by atoms with Crippen molar-refractivity contribution < 1.29 is 18.1 Å². The molecule has 0 saturated heterocycles. The maximum atomic E-state index is 12.2. The van der Waals surface area contributed by atoms with E-state index in [2.05, 4.69) is 4.72 Å². The van der Waals surface area contributed by atoms with Crippen LogP contribution in [0.5, 0.6) is 0 Å². The highest BCUT2D eigenvalue weighted by Gasteiger charge is 2.19. The zero-order valence-electron chi connectivity index (χ0n) is 11.6. The predicted molar refractivity (Wildman–Crippen MR) is 84.9 cm³/mol. The van der Waals surface area contributed by atoms with Gasteiger partial charge in [0.15, 0.2) is 0 Å². The molecular weight excluding hydrogens is 344 g/mol. The molecule has 2 aromatic rings. The van der Waals surface area contributed by atoms with Crippen molar-refractivity contribution in [1.82, 2.24) is 0 Å². The van der Waals surface area contributed by atoms with Gasteiger partial charge >= 0.3 is 0 Å². The monoisotopic (exact) mass is 354 g/mol. The lowest BCUT2D eigenvalue weighted by Crippen LogP contribution is -2.16. The molecule has 2 rings (SSSR count). The summed E-state index contributed by atoms with van der Waals surface area (Å²) in [7, 11) is -3.83. The number of ketones is 1. The van der Waals surface area contributed by atoms with Gasteiger partial charge < -0.3 is 0 Å². The number of nitrogens with one attached hydrogen (secondary N) is 1. The van der Waals surface area contributed by atoms with E-state index in [1.807, 2.05) is 0 Å². The first kappa shape index (κ1) is 16.9. The molecular formula is C14H11ClN2O5S. The van der Waals surface area contributed by atoms with Crippen molar-refractivity contribution in [2.75, 3.05) is 11.3 Å². The summed E-state index contributed by atoms with van der Waals surface area (Å²) in [6, 6.07) is 11.5. The second-order valence-corrected chi connectivity index (χ2v) is 6.62. The number of hydrogen-bond donors (Lipinski definition) is 1. The largest absolute Gasteiger partial charge is 0.287 e. The quantitative estimate of drug-likeness (QED) is 0.487. The summed E-state index contributed by atoms with van der Waals surface area (Å²) < 4.78 is 26.7. The van der Waals surface area contributed by atoms with Gasteiger partial charge in [-0.15, -0.1) is 0 Å². The highest BCUT2D eigenvalue weighted by Crippen LogP contribution is 2.23. The molecule has 0 spiro atoms. The van der Waals surface area contributed by atoms with Gasteiger partial charge in [0.25, 0.3) is 16.6 Å². The van der Waals surface area contributed by atoms with Crippen molar-refractivity contribution in [1.29, 1.82) is 0 Å². The van der Waals surface area contributed by atoms with E-state index in [0.717, 1.165) is 0 Å². The summed E-state index contributed by atoms with van der Waals surface area (Å²) in [6.07, 6.45) is 0. The van der Waals surface area contributed by atoms with Gasteiger partial charge in [-0.25, -0.2) is 8.42 Å². The summed E-state index contributed by atoms with van der Waals surface area (Å²) in [6.45, 7) is -0.922. The van der Waals surface area contributed by atoms with Crippen molar-refractivity contribution in [2.45, 2.75) is 4.90 Å². The van der Waals surface area contributed by atoms with Crippen molar-refractivity contribution >= 4 is 33.1 Å². The number of sulfonamides is 1. The van der Waals surface area contributed by atoms with E-state index in [-0.39, 0.29) is 21.2 Å². The third kappa shape index (κ3) is 4.27. The third-order valence-electron chi connectivity index (χ3n) is 2.85. The van der Waals surface area contributed by atoms with Crippen LogP contribution in [0.15, 0.2) is 53.4 Å². The van der Waals surface area contributed by atoms with Crippen LogP contribution in [0.1, 0.15) is 10.4 Å². The van der Waals surface area contributed by atoms with Crippen LogP contribution in [0, 0.1) is 10.1 Å². The van der Waals surface area contributed by atoms with Gasteiger partial charge in [0, 0.05) is 16.2 Å². The molecule has 0 saturated carbocycles. The standard InChI is InChI=1S/C14H11ClN2O5S/c15-13-7-6-10(8-12(13)14(18)9-17(19)20)16-23(21,22)11-4-2-1-3-5-11/h1-8,16H,9H2. The molecule has 2 aromatic carbocycles. The van der Waals surface area contributed by atoms with Crippen molar-refractivity contribution in [3.05, 3.63) is 69.2 Å². The Hall–Kier alpha value is -2.45. The molecule has 0 heterocycles. The minimum absolute atomic E-state index is 0.0134. The SMILES string of the molecule is O=C(C[N+](=O)[O-])c1cc(NS(=O)(=O)c2ccccc2)ccc1Cl. The molecule has 0 aromatic heterocycles. The second-order valence-electron chi connectivity index (χ2n) is 4.53. The number of nitrogens with zero attached hydrogens (tertiary/aromatic N) is 1. The topological polar surface area (TPSA) is 106 Å². The Labute approximate surface area is 137 Å². The Bertz CT molecular complexity index is 853. The fourth-order valence-electron chi connectivity index (χ4n) is 1.82. The van der Waals surface area contributed by atoms with Crippen LogP contribution in [-0.4, -0.2) is 25.7 Å². The molecule has 0 fully saturated rings. The van der Waals surface area contributed by atoms with Gasteiger partial charge in [-0.2, -0.15) is 0 Å². The number of rotatable bonds is 6. The molecule has 0 unspecified atom stereocenters. The van der Waals surface area contributed by atoms with Crippen LogP contribution in [0.2, 0.25) is 5.02 Å². The molecule has 0 amide bonds. The van der Waals surface area contributed by atoms with Gasteiger partial charge in [-0.3, -0.25) is 19.6 Å². The number of hydrogen-bond acceptors (Lipinski definition) is 5. The van der Waals surface area contributed by atoms with Crippen LogP contribution < -0.4 is 4.72 Å². The normalized spacial score (nSPS) is 11.0. The Kier molecular flexibility index (Phi) is 4.97. The molecule has 0 aliphatic heterocycles. The average Bonchev–Trinajstić information content (AvgIpc) is 2.49. The van der Waals surface area contributed by atoms with Crippen molar-refractivity contribution in [2.24, 2.45) is 0 Å². The number of nitro groups is 1. The summed E-state index contributed by atoms with van der Waals surface area (Å²) in [5, 5.41) is 10.4. The smallest absolute Gasteiger partial charge is 0.265 e. The second kappa shape index (κ2) is 6.76. The van der Waals surface area contributed by atoms with E-state index in [1.165, 1.54) is 30.3 Å². The van der Waals surface area contributed by atoms with E-state index in [4.69, 9.17) is 11.6 Å². The van der Waals surface area contributed by atoms with E-state index < -0.39 is 27.3 Å². The molecule has 9 heteroatoms. The fourth-order valence-corrected chi connectivity index (χ4v) is 3.11. The van der Waals surface area contributed by atoms with Gasteiger partial charge in [-0.05, 0) is 30.3 Å². The van der Waals surface area contributed by atoms with Crippen molar-refractivity contribution in [3.8, 4) is 0 Å². The molecule has 0 radical (unpaired) electrons. The Morgan fingerprint density at radius 3 is 2.43 bits per heavy atom. The lowest BCUT2D eigenvalue weighted by molar-refractivity contribution is -0.465. The van der Waals surface area contributed by atoms with Crippen molar-refractivity contribution in [3.63, 3.8) is 0 Å². The molecule has 1 N–H and O–H groups in total. The lowest BCUT2D eigenvalue weighted by Gasteiger charge is -2.09. The maximum absolute atomic E-state index is 12.2. The average molecular weight is 355 g/mol. The lowest BCUT2D eigenvalue weighted by atomic mass is 10.1. The molecule has 0 aliphatic carbocycles. The van der Waals surface area contributed by atoms with Crippen LogP contribution in [0.3, 0.4) is 0 Å². The first-order valence-corrected chi connectivity index (χ1v) is 8.18. The third-order valence-corrected chi connectivity index (χ3v) is 4.57. The first-order chi connectivity index (χ1) is 10.8. The molecule has 0 atom stereocenters. The van der Waals surface area contributed by atoms with Gasteiger partial charge in [0.1, 0.15) is 0 Å². The van der Waals surface area contributed by atoms with Crippen LogP contribution in [-0.2, 0) is 10.0 Å². The Morgan fingerprint density at radius 1 is 1.17 bits per heavy atom. The highest BCUT2D eigenvalue weighted by molar-refractivity contribution is 7.92. The maximum Gasteiger partial charge on any atom is 0.265 e. The van der Waals surface area contributed by atoms with Gasteiger partial charge in [0.05, 0.1) is 9.92 Å². The fraction of sp³-hybridized carbons (Fsp3) is 0.0714. The Balaban J connectivity index is 2.31. The summed E-state index contributed by atoms with van der Waals surface area (Å²) in [4.78, 5) is 21.5. The molecule has 23 heavy (non-hydrogen) atoms. The minimum atomic E-state index is -3.83. The van der Waals surface area contributed by atoms with E-state index >= 15 is 0 Å². The summed E-state index contributed by atoms with van der Waals surface area (Å²) in [5.74, 6) is -0.805. The molecule has 7 nitrogen and oxygen atoms in total. The van der Waals surface area contributed by atoms with Crippen LogP contribution in [0.25, 0.3) is 0 Å². The molecule has 0 bridgehead atoms. The van der Waals surface area contributed by atoms with E-state index in [9.17, 15) is 23.3 Å². The first-order valence-electron chi connectivity index (χ1n) is 6.32. The van der Waals surface area contributed by atoms with Crippen LogP contribution >= 0.6 is 11.6 Å². The van der Waals surface area contributed by atoms with E-state index in [1.54, 1.807) is 18.2 Å². The zero-order valence-corrected chi connectivity index (χ0v) is 13.2. The number of carbonyl (C=O) groups is 1. The minimum Gasteiger partial charge on any atom is -0.287 e. The summed E-state index contributed by atoms with van der Waals surface area (Å²) in [5.41, 5.74) is -0.0263. The Morgan fingerprint density at radius 2 is 1.83 bits per heavy atom. The number of anilines is 1. The number of benzene rings is 2. The predicted octanol–water partition coefficient (Wildman–Crippen LogP) is 2.60.